The van der Waals surface area contributed by atoms with Gasteiger partial charge in [0, 0.05) is 12.6 Å². The number of nitrogens with two attached hydrogens (primary N) is 1. The quantitative estimate of drug-likeness (QED) is 0.508. The molecule has 21 heavy (non-hydrogen) atoms. The molecule has 0 saturated carbocycles. The number of rotatable bonds is 8. The van der Waals surface area contributed by atoms with Crippen LogP contribution in [0.2, 0.25) is 0 Å². The van der Waals surface area contributed by atoms with Gasteiger partial charge in [0.25, 0.3) is 0 Å². The zero-order chi connectivity index (χ0) is 16.0. The first-order valence-corrected chi connectivity index (χ1v) is 5.87. The lowest BCUT2D eigenvalue weighted by Crippen LogP contribution is -2.36. The predicted molar refractivity (Wildman–Crippen MR) is 71.8 cm³/mol. The Labute approximate surface area is 120 Å². The fourth-order valence-corrected chi connectivity index (χ4v) is 1.81. The van der Waals surface area contributed by atoms with Crippen LogP contribution >= 0.6 is 0 Å². The van der Waals surface area contributed by atoms with E-state index < -0.39 is 23.3 Å². The first kappa shape index (κ1) is 16.4. The topological polar surface area (TPSA) is 136 Å². The molecule has 0 aromatic heterocycles. The molecule has 0 unspecified atom stereocenters. The molecule has 3 N–H and O–H groups in total. The molecular formula is C12H15N3O6. The van der Waals surface area contributed by atoms with Gasteiger partial charge in [-0.15, -0.1) is 0 Å². The molecule has 0 saturated heterocycles. The highest BCUT2D eigenvalue weighted by Gasteiger charge is 2.18. The number of carboxylic acids is 1. The molecule has 1 amide bonds. The highest BCUT2D eigenvalue weighted by molar-refractivity contribution is 5.77. The highest BCUT2D eigenvalue weighted by atomic mass is 16.6. The zero-order valence-corrected chi connectivity index (χ0v) is 11.3. The fraction of sp³-hybridized carbons (Fsp3) is 0.333. The largest absolute Gasteiger partial charge is 0.490 e. The lowest BCUT2D eigenvalue weighted by Gasteiger charge is -2.18. The molecule has 0 spiro atoms. The van der Waals surface area contributed by atoms with Gasteiger partial charge in [0.2, 0.25) is 5.91 Å². The molecule has 0 aliphatic heterocycles. The third-order valence-electron chi connectivity index (χ3n) is 2.58. The van der Waals surface area contributed by atoms with Gasteiger partial charge in [-0.1, -0.05) is 6.07 Å². The van der Waals surface area contributed by atoms with Crippen LogP contribution in [-0.2, 0) is 16.1 Å². The van der Waals surface area contributed by atoms with Gasteiger partial charge in [-0.2, -0.15) is 0 Å². The summed E-state index contributed by atoms with van der Waals surface area (Å²) in [6, 6.07) is 4.24. The van der Waals surface area contributed by atoms with Crippen molar-refractivity contribution in [3.05, 3.63) is 33.9 Å². The van der Waals surface area contributed by atoms with E-state index in [1.54, 1.807) is 6.07 Å². The number of nitrogens with zero attached hydrogens (tertiary/aromatic N) is 2. The monoisotopic (exact) mass is 297 g/mol. The van der Waals surface area contributed by atoms with Gasteiger partial charge >= 0.3 is 11.7 Å². The Morgan fingerprint density at radius 3 is 2.57 bits per heavy atom. The molecule has 0 fully saturated rings. The van der Waals surface area contributed by atoms with Crippen LogP contribution in [0.1, 0.15) is 5.56 Å². The van der Waals surface area contributed by atoms with E-state index in [2.05, 4.69) is 0 Å². The van der Waals surface area contributed by atoms with Gasteiger partial charge < -0.3 is 15.6 Å². The second-order valence-electron chi connectivity index (χ2n) is 4.27. The summed E-state index contributed by atoms with van der Waals surface area (Å²) in [5.74, 6) is -1.71. The lowest BCUT2D eigenvalue weighted by atomic mass is 10.1. The van der Waals surface area contributed by atoms with Gasteiger partial charge in [-0.25, -0.2) is 0 Å². The maximum absolute atomic E-state index is 10.9. The third kappa shape index (κ3) is 5.07. The molecule has 0 aliphatic carbocycles. The lowest BCUT2D eigenvalue weighted by molar-refractivity contribution is -0.385. The van der Waals surface area contributed by atoms with Crippen molar-refractivity contribution in [2.75, 3.05) is 20.2 Å². The van der Waals surface area contributed by atoms with E-state index in [4.69, 9.17) is 15.6 Å². The van der Waals surface area contributed by atoms with Crippen molar-refractivity contribution in [1.82, 2.24) is 4.90 Å². The second-order valence-corrected chi connectivity index (χ2v) is 4.27. The second kappa shape index (κ2) is 7.20. The Morgan fingerprint density at radius 1 is 1.43 bits per heavy atom. The minimum Gasteiger partial charge on any atom is -0.490 e. The molecular weight excluding hydrogens is 282 g/mol. The minimum absolute atomic E-state index is 0.0417. The number of carbonyl (C=O) groups excluding carboxylic acids is 1. The average Bonchev–Trinajstić information content (AvgIpc) is 2.36. The van der Waals surface area contributed by atoms with Crippen molar-refractivity contribution < 1.29 is 24.4 Å². The van der Waals surface area contributed by atoms with Crippen LogP contribution in [0.4, 0.5) is 5.69 Å². The van der Waals surface area contributed by atoms with Gasteiger partial charge in [0.05, 0.1) is 25.1 Å². The summed E-state index contributed by atoms with van der Waals surface area (Å²) >= 11 is 0. The van der Waals surface area contributed by atoms with Crippen LogP contribution in [0, 0.1) is 10.1 Å². The van der Waals surface area contributed by atoms with Gasteiger partial charge in [-0.3, -0.25) is 24.6 Å². The van der Waals surface area contributed by atoms with E-state index in [0.29, 0.717) is 5.56 Å². The molecule has 1 aromatic rings. The average molecular weight is 297 g/mol. The normalized spacial score (nSPS) is 10.4. The van der Waals surface area contributed by atoms with E-state index in [9.17, 15) is 19.7 Å². The molecule has 0 aliphatic rings. The smallest absolute Gasteiger partial charge is 0.317 e. The molecule has 0 radical (unpaired) electrons. The van der Waals surface area contributed by atoms with Crippen LogP contribution in [0.25, 0.3) is 0 Å². The van der Waals surface area contributed by atoms with Gasteiger partial charge in [0.1, 0.15) is 0 Å². The van der Waals surface area contributed by atoms with Crippen molar-refractivity contribution in [3.8, 4) is 5.75 Å². The van der Waals surface area contributed by atoms with Crippen molar-refractivity contribution in [2.45, 2.75) is 6.54 Å². The number of carboxylic acid groups (broad SMARTS) is 1. The molecule has 0 heterocycles. The summed E-state index contributed by atoms with van der Waals surface area (Å²) in [6.07, 6.45) is 0. The first-order valence-electron chi connectivity index (χ1n) is 5.87. The Bertz CT molecular complexity index is 544. The Kier molecular flexibility index (Phi) is 5.61. The van der Waals surface area contributed by atoms with Crippen molar-refractivity contribution in [3.63, 3.8) is 0 Å². The van der Waals surface area contributed by atoms with E-state index in [0.717, 1.165) is 0 Å². The standard InChI is InChI=1S/C12H15N3O6/c1-21-10-3-2-8(4-9(10)15(19)20)5-14(6-11(13)16)7-12(17)18/h2-4H,5-7H2,1H3,(H2,13,16)(H,17,18). The zero-order valence-electron chi connectivity index (χ0n) is 11.3. The molecule has 9 nitrogen and oxygen atoms in total. The van der Waals surface area contributed by atoms with E-state index >= 15 is 0 Å². The number of amides is 1. The fourth-order valence-electron chi connectivity index (χ4n) is 1.81. The Balaban J connectivity index is 2.97. The number of carbonyl (C=O) groups is 2. The highest BCUT2D eigenvalue weighted by Crippen LogP contribution is 2.27. The van der Waals surface area contributed by atoms with Crippen LogP contribution in [0.15, 0.2) is 18.2 Å². The van der Waals surface area contributed by atoms with Gasteiger partial charge in [-0.05, 0) is 11.6 Å². The summed E-state index contributed by atoms with van der Waals surface area (Å²) in [6.45, 7) is -0.616. The molecule has 1 aromatic carbocycles. The third-order valence-corrected chi connectivity index (χ3v) is 2.58. The molecule has 0 bridgehead atoms. The SMILES string of the molecule is COc1ccc(CN(CC(N)=O)CC(=O)O)cc1[N+](=O)[O-]. The number of aliphatic carboxylic acids is 1. The van der Waals surface area contributed by atoms with Crippen LogP contribution in [0.3, 0.4) is 0 Å². The molecule has 0 atom stereocenters. The molecule has 1 rings (SSSR count). The van der Waals surface area contributed by atoms with Crippen LogP contribution in [0.5, 0.6) is 5.75 Å². The number of methoxy groups -OCH3 is 1. The van der Waals surface area contributed by atoms with E-state index in [1.807, 2.05) is 0 Å². The number of hydrogen-bond acceptors (Lipinski definition) is 6. The van der Waals surface area contributed by atoms with Crippen molar-refractivity contribution in [2.24, 2.45) is 5.73 Å². The summed E-state index contributed by atoms with van der Waals surface area (Å²) in [7, 11) is 1.31. The minimum atomic E-state index is -1.13. The maximum Gasteiger partial charge on any atom is 0.317 e. The number of benzene rings is 1. The Morgan fingerprint density at radius 2 is 2.10 bits per heavy atom. The van der Waals surface area contributed by atoms with Crippen LogP contribution in [-0.4, -0.2) is 47.0 Å². The molecule has 9 heteroatoms. The number of nitro groups is 1. The number of primary amides is 1. The predicted octanol–water partition coefficient (Wildman–Crippen LogP) is -0.0247. The number of ether oxygens (including phenoxy) is 1. The maximum atomic E-state index is 10.9. The van der Waals surface area contributed by atoms with Crippen LogP contribution < -0.4 is 10.5 Å². The number of hydrogen-bond donors (Lipinski definition) is 2. The number of nitro benzene ring substituents is 1. The summed E-state index contributed by atoms with van der Waals surface area (Å²) < 4.78 is 4.87. The molecule has 114 valence electrons. The van der Waals surface area contributed by atoms with Gasteiger partial charge in [0.15, 0.2) is 5.75 Å². The summed E-state index contributed by atoms with van der Waals surface area (Å²) in [5.41, 5.74) is 5.29. The first-order chi connectivity index (χ1) is 9.83. The van der Waals surface area contributed by atoms with Crippen molar-refractivity contribution in [1.29, 1.82) is 0 Å². The van der Waals surface area contributed by atoms with Crippen molar-refractivity contribution >= 4 is 17.6 Å². The van der Waals surface area contributed by atoms with E-state index in [-0.39, 0.29) is 24.5 Å². The van der Waals surface area contributed by atoms with E-state index in [1.165, 1.54) is 24.1 Å². The summed E-state index contributed by atoms with van der Waals surface area (Å²) in [5, 5.41) is 19.7. The summed E-state index contributed by atoms with van der Waals surface area (Å²) in [4.78, 5) is 33.2. The Hall–Kier alpha value is -2.68.